The molecule has 20 heavy (non-hydrogen) atoms. The first-order valence-corrected chi connectivity index (χ1v) is 7.13. The molecule has 1 aromatic heterocycles. The Hall–Kier alpha value is -2.44. The molecule has 1 heterocycles. The number of nitrogens with zero attached hydrogens (tertiary/aromatic N) is 2. The predicted octanol–water partition coefficient (Wildman–Crippen LogP) is 4.67. The van der Waals surface area contributed by atoms with Gasteiger partial charge in [0.05, 0.1) is 15.8 Å². The topological polar surface area (TPSA) is 36.7 Å². The molecular weight excluding hydrogens is 264 g/mol. The molecule has 2 nitrogen and oxygen atoms in total. The Morgan fingerprint density at radius 3 is 2.65 bits per heavy atom. The van der Waals surface area contributed by atoms with Gasteiger partial charge in [-0.2, -0.15) is 5.26 Å². The Morgan fingerprint density at radius 2 is 1.90 bits per heavy atom. The molecule has 0 aliphatic carbocycles. The standard InChI is InChI=1S/C17H12N2S/c1-12-6-2-3-7-13(12)10-14(11-18)17-19-15-8-4-5-9-16(15)20-17/h2-10H,1H3/b14-10+. The largest absolute Gasteiger partial charge is 0.235 e. The number of hydrogen-bond donors (Lipinski definition) is 0. The van der Waals surface area contributed by atoms with Gasteiger partial charge < -0.3 is 0 Å². The number of aryl methyl sites for hydroxylation is 1. The van der Waals surface area contributed by atoms with E-state index in [9.17, 15) is 5.26 Å². The molecular formula is C17H12N2S. The van der Waals surface area contributed by atoms with Gasteiger partial charge in [0.15, 0.2) is 0 Å². The molecule has 0 N–H and O–H groups in total. The number of fused-ring (bicyclic) bond motifs is 1. The zero-order chi connectivity index (χ0) is 13.9. The van der Waals surface area contributed by atoms with Crippen LogP contribution >= 0.6 is 11.3 Å². The lowest BCUT2D eigenvalue weighted by atomic mass is 10.1. The summed E-state index contributed by atoms with van der Waals surface area (Å²) in [5.41, 5.74) is 3.77. The van der Waals surface area contributed by atoms with E-state index in [1.165, 1.54) is 0 Å². The van der Waals surface area contributed by atoms with Crippen LogP contribution in [0.2, 0.25) is 0 Å². The van der Waals surface area contributed by atoms with E-state index < -0.39 is 0 Å². The average molecular weight is 276 g/mol. The number of allylic oxidation sites excluding steroid dienone is 1. The third-order valence-corrected chi connectivity index (χ3v) is 4.20. The maximum Gasteiger partial charge on any atom is 0.135 e. The van der Waals surface area contributed by atoms with E-state index in [2.05, 4.69) is 11.1 Å². The van der Waals surface area contributed by atoms with E-state index in [4.69, 9.17) is 0 Å². The molecule has 0 aliphatic rings. The first kappa shape index (κ1) is 12.6. The highest BCUT2D eigenvalue weighted by Gasteiger charge is 2.08. The number of benzene rings is 2. The maximum atomic E-state index is 9.41. The van der Waals surface area contributed by atoms with Gasteiger partial charge in [-0.25, -0.2) is 4.98 Å². The summed E-state index contributed by atoms with van der Waals surface area (Å²) in [6.45, 7) is 2.04. The molecule has 0 aliphatic heterocycles. The van der Waals surface area contributed by atoms with Gasteiger partial charge in [0.2, 0.25) is 0 Å². The van der Waals surface area contributed by atoms with Crippen LogP contribution in [-0.4, -0.2) is 4.98 Å². The van der Waals surface area contributed by atoms with Crippen LogP contribution < -0.4 is 0 Å². The van der Waals surface area contributed by atoms with E-state index in [1.807, 2.05) is 61.5 Å². The summed E-state index contributed by atoms with van der Waals surface area (Å²) in [6, 6.07) is 18.2. The van der Waals surface area contributed by atoms with Crippen molar-refractivity contribution in [2.75, 3.05) is 0 Å². The van der Waals surface area contributed by atoms with Crippen molar-refractivity contribution in [3.8, 4) is 6.07 Å². The number of rotatable bonds is 2. The van der Waals surface area contributed by atoms with Crippen LogP contribution in [-0.2, 0) is 0 Å². The van der Waals surface area contributed by atoms with Gasteiger partial charge >= 0.3 is 0 Å². The van der Waals surface area contributed by atoms with E-state index in [0.29, 0.717) is 5.57 Å². The van der Waals surface area contributed by atoms with Crippen molar-refractivity contribution >= 4 is 33.2 Å². The first-order chi connectivity index (χ1) is 9.78. The molecule has 0 amide bonds. The second-order valence-electron chi connectivity index (χ2n) is 4.51. The lowest BCUT2D eigenvalue weighted by Crippen LogP contribution is -1.83. The van der Waals surface area contributed by atoms with Gasteiger partial charge in [-0.05, 0) is 36.3 Å². The predicted molar refractivity (Wildman–Crippen MR) is 84.3 cm³/mol. The zero-order valence-corrected chi connectivity index (χ0v) is 11.8. The molecule has 0 fully saturated rings. The van der Waals surface area contributed by atoms with Crippen molar-refractivity contribution in [2.45, 2.75) is 6.92 Å². The van der Waals surface area contributed by atoms with E-state index in [-0.39, 0.29) is 0 Å². The molecule has 3 rings (SSSR count). The first-order valence-electron chi connectivity index (χ1n) is 6.31. The number of thiazole rings is 1. The highest BCUT2D eigenvalue weighted by atomic mass is 32.1. The van der Waals surface area contributed by atoms with E-state index in [1.54, 1.807) is 11.3 Å². The van der Waals surface area contributed by atoms with Crippen LogP contribution in [0, 0.1) is 18.3 Å². The third-order valence-electron chi connectivity index (χ3n) is 3.13. The second kappa shape index (κ2) is 5.28. The Kier molecular flexibility index (Phi) is 3.32. The Bertz CT molecular complexity index is 804. The minimum absolute atomic E-state index is 0.612. The monoisotopic (exact) mass is 276 g/mol. The second-order valence-corrected chi connectivity index (χ2v) is 5.54. The highest BCUT2D eigenvalue weighted by molar-refractivity contribution is 7.19. The van der Waals surface area contributed by atoms with Crippen LogP contribution in [0.3, 0.4) is 0 Å². The summed E-state index contributed by atoms with van der Waals surface area (Å²) >= 11 is 1.55. The van der Waals surface area contributed by atoms with Crippen LogP contribution in [0.4, 0.5) is 0 Å². The Labute approximate surface area is 121 Å². The van der Waals surface area contributed by atoms with Crippen molar-refractivity contribution < 1.29 is 0 Å². The summed E-state index contributed by atoms with van der Waals surface area (Å²) in [6.07, 6.45) is 1.91. The van der Waals surface area contributed by atoms with E-state index >= 15 is 0 Å². The normalized spacial score (nSPS) is 11.5. The van der Waals surface area contributed by atoms with Crippen molar-refractivity contribution in [1.29, 1.82) is 5.26 Å². The van der Waals surface area contributed by atoms with Crippen molar-refractivity contribution in [2.24, 2.45) is 0 Å². The summed E-state index contributed by atoms with van der Waals surface area (Å²) in [7, 11) is 0. The van der Waals surface area contributed by atoms with Gasteiger partial charge in [-0.15, -0.1) is 11.3 Å². The minimum atomic E-state index is 0.612. The molecule has 0 atom stereocenters. The van der Waals surface area contributed by atoms with E-state index in [0.717, 1.165) is 26.4 Å². The Morgan fingerprint density at radius 1 is 1.15 bits per heavy atom. The number of para-hydroxylation sites is 1. The lowest BCUT2D eigenvalue weighted by Gasteiger charge is -1.99. The summed E-state index contributed by atoms with van der Waals surface area (Å²) in [5.74, 6) is 0. The number of aromatic nitrogens is 1. The van der Waals surface area contributed by atoms with Crippen molar-refractivity contribution in [3.05, 3.63) is 64.7 Å². The molecule has 96 valence electrons. The maximum absolute atomic E-state index is 9.41. The average Bonchev–Trinajstić information content (AvgIpc) is 2.90. The van der Waals surface area contributed by atoms with Gasteiger partial charge in [-0.3, -0.25) is 0 Å². The molecule has 0 spiro atoms. The summed E-state index contributed by atoms with van der Waals surface area (Å²) < 4.78 is 1.11. The fourth-order valence-electron chi connectivity index (χ4n) is 2.03. The molecule has 0 radical (unpaired) electrons. The fraction of sp³-hybridized carbons (Fsp3) is 0.0588. The van der Waals surface area contributed by atoms with Crippen molar-refractivity contribution in [1.82, 2.24) is 4.98 Å². The molecule has 0 saturated carbocycles. The van der Waals surface area contributed by atoms with Crippen LogP contribution in [0.25, 0.3) is 21.9 Å². The minimum Gasteiger partial charge on any atom is -0.235 e. The molecule has 0 saturated heterocycles. The number of hydrogen-bond acceptors (Lipinski definition) is 3. The molecule has 2 aromatic carbocycles. The van der Waals surface area contributed by atoms with Crippen LogP contribution in [0.15, 0.2) is 48.5 Å². The molecule has 0 bridgehead atoms. The Balaban J connectivity index is 2.10. The molecule has 3 heteroatoms. The van der Waals surface area contributed by atoms with Crippen molar-refractivity contribution in [3.63, 3.8) is 0 Å². The van der Waals surface area contributed by atoms with Gasteiger partial charge in [0.25, 0.3) is 0 Å². The third kappa shape index (κ3) is 2.34. The number of nitriles is 1. The zero-order valence-electron chi connectivity index (χ0n) is 11.0. The molecule has 0 unspecified atom stereocenters. The highest BCUT2D eigenvalue weighted by Crippen LogP contribution is 2.28. The SMILES string of the molecule is Cc1ccccc1/C=C(\C#N)c1nc2ccccc2s1. The smallest absolute Gasteiger partial charge is 0.135 e. The van der Waals surface area contributed by atoms with Crippen LogP contribution in [0.1, 0.15) is 16.1 Å². The van der Waals surface area contributed by atoms with Gasteiger partial charge in [0, 0.05) is 0 Å². The van der Waals surface area contributed by atoms with Gasteiger partial charge in [-0.1, -0.05) is 36.4 Å². The quantitative estimate of drug-likeness (QED) is 0.638. The summed E-state index contributed by atoms with van der Waals surface area (Å²) in [4.78, 5) is 4.54. The molecule has 3 aromatic rings. The lowest BCUT2D eigenvalue weighted by molar-refractivity contribution is 1.42. The fourth-order valence-corrected chi connectivity index (χ4v) is 2.97. The van der Waals surface area contributed by atoms with Crippen LogP contribution in [0.5, 0.6) is 0 Å². The van der Waals surface area contributed by atoms with Gasteiger partial charge in [0.1, 0.15) is 11.1 Å². The summed E-state index contributed by atoms with van der Waals surface area (Å²) in [5, 5.41) is 10.2.